The molecule has 3 aromatic heterocycles. The number of rotatable bonds is 12. The van der Waals surface area contributed by atoms with Crippen LogP contribution in [-0.2, 0) is 35.0 Å². The second-order valence-electron chi connectivity index (χ2n) is 21.9. The van der Waals surface area contributed by atoms with Gasteiger partial charge < -0.3 is 19.6 Å². The van der Waals surface area contributed by atoms with E-state index in [9.17, 15) is 24.3 Å². The summed E-state index contributed by atoms with van der Waals surface area (Å²) in [6.45, 7) is 14.2. The number of pyridine rings is 1. The smallest absolute Gasteiger partial charge is 0.355 e. The van der Waals surface area contributed by atoms with E-state index in [0.29, 0.717) is 60.3 Å². The van der Waals surface area contributed by atoms with Gasteiger partial charge in [-0.15, -0.1) is 0 Å². The van der Waals surface area contributed by atoms with E-state index in [-0.39, 0.29) is 29.5 Å². The highest BCUT2D eigenvalue weighted by Crippen LogP contribution is 2.43. The van der Waals surface area contributed by atoms with Gasteiger partial charge in [-0.3, -0.25) is 34.6 Å². The molecule has 2 saturated heterocycles. The standard InChI is InChI=1S/C59H65N9O6S/c1-35-39(51-44(59(2,3)4)33-49(61-53(51)57(72)73)68-28-26-37-11-8-13-40(43(37)34-68)55(70)63-58-60-45-15-6-7-18-48(45)75-58)12-10-17-47(35)74-38-21-19-36(20-22-38)25-27-66-29-31-67(32-30-66)46-16-9-14-41-52(64-65(5)54(41)46)42-23-24-50(69)62-56(42)71/h6-18,33,36,38,42H,19-32,34H2,1-5H3,(H,72,73)(H,60,63,70)(H,62,69,71). The van der Waals surface area contributed by atoms with Crippen LogP contribution in [0.25, 0.3) is 32.2 Å². The van der Waals surface area contributed by atoms with E-state index in [1.54, 1.807) is 0 Å². The number of hydrogen-bond donors (Lipinski definition) is 3. The molecule has 7 aromatic rings. The third kappa shape index (κ3) is 10.1. The number of carboxylic acids is 1. The van der Waals surface area contributed by atoms with Gasteiger partial charge in [0.05, 0.1) is 39.1 Å². The molecule has 1 atom stereocenters. The molecular formula is C59H65N9O6S. The van der Waals surface area contributed by atoms with Crippen molar-refractivity contribution in [3.8, 4) is 16.9 Å². The molecule has 0 radical (unpaired) electrons. The molecule has 75 heavy (non-hydrogen) atoms. The Balaban J connectivity index is 0.729. The monoisotopic (exact) mass is 1030 g/mol. The number of nitrogens with one attached hydrogen (secondary N) is 2. The van der Waals surface area contributed by atoms with Crippen LogP contribution in [0.2, 0.25) is 0 Å². The lowest BCUT2D eigenvalue weighted by Crippen LogP contribution is -2.47. The van der Waals surface area contributed by atoms with Gasteiger partial charge >= 0.3 is 5.97 Å². The van der Waals surface area contributed by atoms with Gasteiger partial charge in [-0.05, 0) is 134 Å². The summed E-state index contributed by atoms with van der Waals surface area (Å²) in [5.74, 6) is -0.270. The number of fused-ring (bicyclic) bond motifs is 3. The second-order valence-corrected chi connectivity index (χ2v) is 22.9. The number of piperidine rings is 1. The van der Waals surface area contributed by atoms with Crippen molar-refractivity contribution in [2.24, 2.45) is 13.0 Å². The highest BCUT2D eigenvalue weighted by molar-refractivity contribution is 7.22. The summed E-state index contributed by atoms with van der Waals surface area (Å²) in [5.41, 5.74) is 9.03. The summed E-state index contributed by atoms with van der Waals surface area (Å²) in [7, 11) is 1.94. The molecule has 3 amide bonds. The maximum atomic E-state index is 13.9. The van der Waals surface area contributed by atoms with Crippen molar-refractivity contribution in [1.82, 2.24) is 30.0 Å². The second kappa shape index (κ2) is 20.5. The van der Waals surface area contributed by atoms with E-state index in [2.05, 4.69) is 75.4 Å². The zero-order chi connectivity index (χ0) is 52.1. The number of carbonyl (C=O) groups excluding carboxylic acids is 3. The number of aromatic nitrogens is 4. The SMILES string of the molecule is Cc1c(OC2CCC(CCN3CCN(c4cccc5c(C6CCC(=O)NC6=O)nn(C)c45)CC3)CC2)cccc1-c1c(C(C)(C)C)cc(N2CCc3cccc(C(=O)Nc4nc5ccccc5s4)c3C2)nc1C(=O)O. The van der Waals surface area contributed by atoms with Gasteiger partial charge in [0, 0.05) is 69.3 Å². The Morgan fingerprint density at radius 3 is 2.40 bits per heavy atom. The summed E-state index contributed by atoms with van der Waals surface area (Å²) in [5, 5.41) is 22.8. The number of benzene rings is 4. The van der Waals surface area contributed by atoms with Crippen molar-refractivity contribution in [1.29, 1.82) is 0 Å². The van der Waals surface area contributed by atoms with Gasteiger partial charge in [0.2, 0.25) is 11.8 Å². The maximum absolute atomic E-state index is 13.9. The van der Waals surface area contributed by atoms with E-state index < -0.39 is 17.3 Å². The van der Waals surface area contributed by atoms with Gasteiger partial charge in [-0.1, -0.05) is 80.6 Å². The van der Waals surface area contributed by atoms with Crippen molar-refractivity contribution in [2.45, 2.75) is 103 Å². The Bertz CT molecular complexity index is 3330. The first-order valence-electron chi connectivity index (χ1n) is 26.5. The summed E-state index contributed by atoms with van der Waals surface area (Å²) >= 11 is 1.44. The van der Waals surface area contributed by atoms with Crippen molar-refractivity contribution in [3.05, 3.63) is 124 Å². The maximum Gasteiger partial charge on any atom is 0.355 e. The van der Waals surface area contributed by atoms with Gasteiger partial charge in [-0.2, -0.15) is 5.10 Å². The summed E-state index contributed by atoms with van der Waals surface area (Å²) in [6, 6.07) is 27.9. The predicted octanol–water partition coefficient (Wildman–Crippen LogP) is 10.0. The molecular weight excluding hydrogens is 963 g/mol. The molecule has 388 valence electrons. The van der Waals surface area contributed by atoms with E-state index in [1.165, 1.54) is 11.3 Å². The van der Waals surface area contributed by atoms with E-state index in [1.807, 2.05) is 79.3 Å². The van der Waals surface area contributed by atoms with Crippen molar-refractivity contribution >= 4 is 72.8 Å². The van der Waals surface area contributed by atoms with Gasteiger partial charge in [0.15, 0.2) is 10.8 Å². The molecule has 3 fully saturated rings. The molecule has 3 N–H and O–H groups in total. The van der Waals surface area contributed by atoms with Crippen LogP contribution in [0.5, 0.6) is 5.75 Å². The predicted molar refractivity (Wildman–Crippen MR) is 294 cm³/mol. The molecule has 1 unspecified atom stereocenters. The quantitative estimate of drug-likeness (QED) is 0.0990. The number of amides is 3. The number of imide groups is 1. The Morgan fingerprint density at radius 2 is 1.64 bits per heavy atom. The first-order valence-corrected chi connectivity index (χ1v) is 27.3. The fourth-order valence-corrected chi connectivity index (χ4v) is 12.8. The number of thiazole rings is 1. The number of hydrogen-bond acceptors (Lipinski definition) is 12. The molecule has 3 aliphatic heterocycles. The van der Waals surface area contributed by atoms with E-state index in [4.69, 9.17) is 14.8 Å². The van der Waals surface area contributed by atoms with Crippen molar-refractivity contribution in [3.63, 3.8) is 0 Å². The Labute approximate surface area is 441 Å². The first kappa shape index (κ1) is 50.0. The van der Waals surface area contributed by atoms with Gasteiger partial charge in [0.25, 0.3) is 5.91 Å². The topological polar surface area (TPSA) is 175 Å². The lowest BCUT2D eigenvalue weighted by Gasteiger charge is -2.37. The zero-order valence-corrected chi connectivity index (χ0v) is 44.3. The van der Waals surface area contributed by atoms with E-state index >= 15 is 0 Å². The number of carbonyl (C=O) groups is 4. The number of carboxylic acid groups (broad SMARTS) is 1. The van der Waals surface area contributed by atoms with Gasteiger partial charge in [0.1, 0.15) is 11.6 Å². The minimum Gasteiger partial charge on any atom is -0.490 e. The van der Waals surface area contributed by atoms with Crippen LogP contribution in [0.3, 0.4) is 0 Å². The number of piperazine rings is 1. The molecule has 0 bridgehead atoms. The van der Waals surface area contributed by atoms with Gasteiger partial charge in [-0.25, -0.2) is 14.8 Å². The highest BCUT2D eigenvalue weighted by atomic mass is 32.1. The lowest BCUT2D eigenvalue weighted by atomic mass is 9.80. The highest BCUT2D eigenvalue weighted by Gasteiger charge is 2.34. The third-order valence-corrected chi connectivity index (χ3v) is 17.0. The van der Waals surface area contributed by atoms with Crippen LogP contribution < -0.4 is 25.2 Å². The number of nitrogens with zero attached hydrogens (tertiary/aromatic N) is 7. The minimum atomic E-state index is -1.10. The fourth-order valence-electron chi connectivity index (χ4n) is 11.9. The normalized spacial score (nSPS) is 19.6. The minimum absolute atomic E-state index is 0.00124. The number of aryl methyl sites for hydroxylation is 1. The average Bonchev–Trinajstić information content (AvgIpc) is 3.98. The Morgan fingerprint density at radius 1 is 0.867 bits per heavy atom. The molecule has 16 heteroatoms. The third-order valence-electron chi connectivity index (χ3n) is 16.0. The number of ether oxygens (including phenoxy) is 1. The molecule has 1 aliphatic carbocycles. The van der Waals surface area contributed by atoms with Crippen LogP contribution in [0, 0.1) is 12.8 Å². The fraction of sp³-hybridized carbons (Fsp3) is 0.407. The van der Waals surface area contributed by atoms with Crippen LogP contribution in [0.15, 0.2) is 84.9 Å². The largest absolute Gasteiger partial charge is 0.490 e. The number of aromatic carboxylic acids is 1. The molecule has 11 rings (SSSR count). The summed E-state index contributed by atoms with van der Waals surface area (Å²) in [6.07, 6.45) is 6.82. The molecule has 15 nitrogen and oxygen atoms in total. The average molecular weight is 1030 g/mol. The Kier molecular flexibility index (Phi) is 13.7. The van der Waals surface area contributed by atoms with Crippen LogP contribution in [0.4, 0.5) is 16.6 Å². The summed E-state index contributed by atoms with van der Waals surface area (Å²) < 4.78 is 9.72. The molecule has 1 saturated carbocycles. The van der Waals surface area contributed by atoms with Crippen molar-refractivity contribution in [2.75, 3.05) is 54.4 Å². The molecule has 6 heterocycles. The van der Waals surface area contributed by atoms with Crippen molar-refractivity contribution < 1.29 is 29.0 Å². The van der Waals surface area contributed by atoms with E-state index in [0.717, 1.165) is 131 Å². The molecule has 0 spiro atoms. The molecule has 4 aliphatic rings. The van der Waals surface area contributed by atoms with Crippen LogP contribution in [0.1, 0.15) is 120 Å². The summed E-state index contributed by atoms with van der Waals surface area (Å²) in [4.78, 5) is 68.5. The van der Waals surface area contributed by atoms with Crippen LogP contribution in [-0.4, -0.2) is 98.8 Å². The number of para-hydroxylation sites is 2. The first-order chi connectivity index (χ1) is 36.2. The molecule has 4 aromatic carbocycles. The lowest BCUT2D eigenvalue weighted by molar-refractivity contribution is -0.134. The number of anilines is 3. The van der Waals surface area contributed by atoms with Crippen LogP contribution >= 0.6 is 11.3 Å². The zero-order valence-electron chi connectivity index (χ0n) is 43.4. The Hall–Kier alpha value is -7.17.